The number of hydrogen-bond donors (Lipinski definition) is 3. The van der Waals surface area contributed by atoms with Gasteiger partial charge in [0.15, 0.2) is 5.82 Å². The lowest BCUT2D eigenvalue weighted by Gasteiger charge is -2.10. The highest BCUT2D eigenvalue weighted by molar-refractivity contribution is 9.10. The molecule has 1 aromatic carbocycles. The first-order valence-electron chi connectivity index (χ1n) is 8.61. The number of aliphatic hydroxyl groups is 2. The van der Waals surface area contributed by atoms with Gasteiger partial charge in [0.1, 0.15) is 6.10 Å². The van der Waals surface area contributed by atoms with Gasteiger partial charge in [-0.15, -0.1) is 0 Å². The maximum absolute atomic E-state index is 12.8. The van der Waals surface area contributed by atoms with E-state index in [9.17, 15) is 23.1 Å². The van der Waals surface area contributed by atoms with Gasteiger partial charge in [-0.25, -0.2) is 4.98 Å². The number of aromatic nitrogens is 3. The maximum Gasteiger partial charge on any atom is 0.416 e. The van der Waals surface area contributed by atoms with Crippen molar-refractivity contribution in [2.75, 3.05) is 11.9 Å². The number of carbonyl (C=O) groups is 1. The molecule has 3 aromatic rings. The zero-order chi connectivity index (χ0) is 21.9. The van der Waals surface area contributed by atoms with Crippen LogP contribution in [0.3, 0.4) is 0 Å². The summed E-state index contributed by atoms with van der Waals surface area (Å²) in [6.45, 7) is -0.367. The van der Waals surface area contributed by atoms with Gasteiger partial charge in [-0.1, -0.05) is 12.1 Å². The van der Waals surface area contributed by atoms with Crippen LogP contribution in [0.2, 0.25) is 0 Å². The van der Waals surface area contributed by atoms with Gasteiger partial charge in [0.25, 0.3) is 5.91 Å². The van der Waals surface area contributed by atoms with Crippen LogP contribution in [0.1, 0.15) is 33.3 Å². The zero-order valence-corrected chi connectivity index (χ0v) is 16.9. The van der Waals surface area contributed by atoms with Crippen molar-refractivity contribution in [2.45, 2.75) is 18.8 Å². The minimum atomic E-state index is -4.42. The Bertz CT molecular complexity index is 1060. The molecule has 7 nitrogen and oxygen atoms in total. The summed E-state index contributed by atoms with van der Waals surface area (Å²) in [7, 11) is 0. The van der Waals surface area contributed by atoms with Gasteiger partial charge in [0.2, 0.25) is 0 Å². The van der Waals surface area contributed by atoms with Crippen molar-refractivity contribution in [2.24, 2.45) is 0 Å². The molecule has 0 spiro atoms. The van der Waals surface area contributed by atoms with Gasteiger partial charge in [0.05, 0.1) is 29.8 Å². The van der Waals surface area contributed by atoms with E-state index in [1.165, 1.54) is 30.9 Å². The van der Waals surface area contributed by atoms with E-state index in [4.69, 9.17) is 5.11 Å². The van der Waals surface area contributed by atoms with Crippen molar-refractivity contribution < 1.29 is 28.2 Å². The number of benzene rings is 1. The molecule has 3 N–H and O–H groups in total. The molecule has 3 rings (SSSR count). The molecule has 0 fully saturated rings. The van der Waals surface area contributed by atoms with Gasteiger partial charge < -0.3 is 20.1 Å². The van der Waals surface area contributed by atoms with E-state index in [0.717, 1.165) is 12.1 Å². The van der Waals surface area contributed by atoms with E-state index in [-0.39, 0.29) is 23.6 Å². The molecule has 1 atom stereocenters. The first-order chi connectivity index (χ1) is 14.2. The molecule has 2 aromatic heterocycles. The number of carbonyl (C=O) groups excluding carboxylic acids is 1. The summed E-state index contributed by atoms with van der Waals surface area (Å²) in [5.41, 5.74) is 0.0790. The first kappa shape index (κ1) is 21.9. The lowest BCUT2D eigenvalue weighted by atomic mass is 10.1. The van der Waals surface area contributed by atoms with Gasteiger partial charge >= 0.3 is 6.18 Å². The Balaban J connectivity index is 1.68. The third kappa shape index (κ3) is 5.23. The third-order valence-electron chi connectivity index (χ3n) is 4.11. The lowest BCUT2D eigenvalue weighted by Crippen LogP contribution is -2.14. The molecule has 30 heavy (non-hydrogen) atoms. The normalized spacial score (nSPS) is 12.6. The van der Waals surface area contributed by atoms with Gasteiger partial charge in [0, 0.05) is 23.4 Å². The lowest BCUT2D eigenvalue weighted by molar-refractivity contribution is -0.137. The number of imidazole rings is 1. The summed E-state index contributed by atoms with van der Waals surface area (Å²) < 4.78 is 40.4. The average Bonchev–Trinajstić information content (AvgIpc) is 3.13. The molecule has 0 saturated carbocycles. The smallest absolute Gasteiger partial charge is 0.393 e. The van der Waals surface area contributed by atoms with E-state index >= 15 is 0 Å². The fourth-order valence-electron chi connectivity index (χ4n) is 2.66. The van der Waals surface area contributed by atoms with E-state index in [1.807, 2.05) is 0 Å². The molecule has 11 heteroatoms. The summed E-state index contributed by atoms with van der Waals surface area (Å²) in [4.78, 5) is 20.4. The number of rotatable bonds is 6. The van der Waals surface area contributed by atoms with Crippen molar-refractivity contribution in [1.29, 1.82) is 0 Å². The number of aliphatic hydroxyl groups excluding tert-OH is 2. The van der Waals surface area contributed by atoms with E-state index in [1.54, 1.807) is 10.6 Å². The van der Waals surface area contributed by atoms with Crippen LogP contribution in [0.15, 0.2) is 53.5 Å². The molecule has 0 aliphatic carbocycles. The number of halogens is 4. The van der Waals surface area contributed by atoms with Crippen molar-refractivity contribution in [1.82, 2.24) is 14.5 Å². The van der Waals surface area contributed by atoms with E-state index in [2.05, 4.69) is 31.2 Å². The third-order valence-corrected chi connectivity index (χ3v) is 4.75. The molecule has 1 amide bonds. The van der Waals surface area contributed by atoms with Crippen LogP contribution in [0, 0.1) is 0 Å². The van der Waals surface area contributed by atoms with Crippen LogP contribution in [-0.4, -0.2) is 37.3 Å². The van der Waals surface area contributed by atoms with Gasteiger partial charge in [-0.2, -0.15) is 13.2 Å². The summed E-state index contributed by atoms with van der Waals surface area (Å²) in [5.74, 6) is -0.305. The van der Waals surface area contributed by atoms with Gasteiger partial charge in [-0.05, 0) is 39.7 Å². The SMILES string of the molecule is O=C(Nc1cn(Cc2cccc(C(F)(F)F)c2)cn1)c1cnc(C(O)CO)c(Br)c1. The Morgan fingerprint density at radius 3 is 2.70 bits per heavy atom. The topological polar surface area (TPSA) is 100 Å². The minimum Gasteiger partial charge on any atom is -0.393 e. The second-order valence-electron chi connectivity index (χ2n) is 6.37. The van der Waals surface area contributed by atoms with E-state index < -0.39 is 30.4 Å². The number of hydrogen-bond acceptors (Lipinski definition) is 5. The van der Waals surface area contributed by atoms with Crippen LogP contribution >= 0.6 is 15.9 Å². The maximum atomic E-state index is 12.8. The quantitative estimate of drug-likeness (QED) is 0.497. The molecule has 0 radical (unpaired) electrons. The Kier molecular flexibility index (Phi) is 6.54. The van der Waals surface area contributed by atoms with Crippen molar-refractivity contribution >= 4 is 27.7 Å². The number of nitrogens with zero attached hydrogens (tertiary/aromatic N) is 3. The average molecular weight is 485 g/mol. The van der Waals surface area contributed by atoms with Crippen LogP contribution < -0.4 is 5.32 Å². The number of pyridine rings is 1. The fraction of sp³-hybridized carbons (Fsp3) is 0.211. The summed E-state index contributed by atoms with van der Waals surface area (Å²) in [6, 6.07) is 6.40. The molecule has 1 unspecified atom stereocenters. The Morgan fingerprint density at radius 1 is 1.27 bits per heavy atom. The summed E-state index contributed by atoms with van der Waals surface area (Å²) in [6.07, 6.45) is -1.47. The number of alkyl halides is 3. The Labute approximate surface area is 177 Å². The Hall–Kier alpha value is -2.76. The second-order valence-corrected chi connectivity index (χ2v) is 7.23. The van der Waals surface area contributed by atoms with Crippen molar-refractivity contribution in [3.05, 3.63) is 75.9 Å². The number of nitrogens with one attached hydrogen (secondary N) is 1. The van der Waals surface area contributed by atoms with Crippen molar-refractivity contribution in [3.8, 4) is 0 Å². The number of anilines is 1. The molecular formula is C19H16BrF3N4O3. The zero-order valence-electron chi connectivity index (χ0n) is 15.3. The minimum absolute atomic E-state index is 0.146. The van der Waals surface area contributed by atoms with Crippen LogP contribution in [-0.2, 0) is 12.7 Å². The molecule has 0 aliphatic rings. The Morgan fingerprint density at radius 2 is 2.03 bits per heavy atom. The van der Waals surface area contributed by atoms with Crippen LogP contribution in [0.25, 0.3) is 0 Å². The molecule has 2 heterocycles. The van der Waals surface area contributed by atoms with E-state index in [0.29, 0.717) is 10.0 Å². The van der Waals surface area contributed by atoms with Crippen molar-refractivity contribution in [3.63, 3.8) is 0 Å². The molecular weight excluding hydrogens is 469 g/mol. The monoisotopic (exact) mass is 484 g/mol. The van der Waals surface area contributed by atoms with Crippen LogP contribution in [0.5, 0.6) is 0 Å². The predicted octanol–water partition coefficient (Wildman–Crippen LogP) is 3.39. The molecule has 0 aliphatic heterocycles. The molecule has 158 valence electrons. The summed E-state index contributed by atoms with van der Waals surface area (Å²) >= 11 is 3.19. The first-order valence-corrected chi connectivity index (χ1v) is 9.40. The molecule has 0 bridgehead atoms. The predicted molar refractivity (Wildman–Crippen MR) is 105 cm³/mol. The van der Waals surface area contributed by atoms with Gasteiger partial charge in [-0.3, -0.25) is 9.78 Å². The fourth-order valence-corrected chi connectivity index (χ4v) is 3.27. The summed E-state index contributed by atoms with van der Waals surface area (Å²) in [5, 5.41) is 21.2. The highest BCUT2D eigenvalue weighted by atomic mass is 79.9. The van der Waals surface area contributed by atoms with Crippen LogP contribution in [0.4, 0.5) is 19.0 Å². The number of amides is 1. The standard InChI is InChI=1S/C19H16BrF3N4O3/c20-14-5-12(6-24-17(14)15(29)9-28)18(30)26-16-8-27(10-25-16)7-11-2-1-3-13(4-11)19(21,22)23/h1-6,8,10,15,28-29H,7,9H2,(H,26,30). The molecule has 0 saturated heterocycles. The highest BCUT2D eigenvalue weighted by Crippen LogP contribution is 2.29. The highest BCUT2D eigenvalue weighted by Gasteiger charge is 2.30. The second kappa shape index (κ2) is 8.94. The largest absolute Gasteiger partial charge is 0.416 e.